The molecule has 25 heavy (non-hydrogen) atoms. The van der Waals surface area contributed by atoms with Crippen LogP contribution in [0.3, 0.4) is 0 Å². The monoisotopic (exact) mass is 339 g/mol. The smallest absolute Gasteiger partial charge is 0.269 e. The summed E-state index contributed by atoms with van der Waals surface area (Å²) in [6.07, 6.45) is 9.10. The van der Waals surface area contributed by atoms with E-state index in [0.29, 0.717) is 42.7 Å². The summed E-state index contributed by atoms with van der Waals surface area (Å²) in [4.78, 5) is 16.5. The van der Waals surface area contributed by atoms with Gasteiger partial charge in [0.15, 0.2) is 0 Å². The number of rotatable bonds is 7. The number of pyridine rings is 1. The Labute approximate surface area is 146 Å². The van der Waals surface area contributed by atoms with Gasteiger partial charge in [0.05, 0.1) is 19.9 Å². The van der Waals surface area contributed by atoms with E-state index in [4.69, 9.17) is 15.9 Å². The molecule has 2 aromatic heterocycles. The standard InChI is InChI=1S/C19H21N3O3/c1-4-5-6-13-10-18(21-22(2)19(13)23)25-12-14-9-16(14)17-8-7-15(24-3)11-20-17/h1,7-8,10-11,14,16H,5-6,9,12H2,2-3H3/t14-,16+/m1/s1. The van der Waals surface area contributed by atoms with Gasteiger partial charge in [0.2, 0.25) is 5.88 Å². The maximum absolute atomic E-state index is 12.0. The molecule has 0 amide bonds. The van der Waals surface area contributed by atoms with E-state index < -0.39 is 0 Å². The summed E-state index contributed by atoms with van der Waals surface area (Å²) in [5, 5.41) is 4.16. The van der Waals surface area contributed by atoms with E-state index in [1.165, 1.54) is 4.68 Å². The molecule has 1 aliphatic rings. The second-order valence-electron chi connectivity index (χ2n) is 6.18. The lowest BCUT2D eigenvalue weighted by Gasteiger charge is -2.08. The first-order valence-electron chi connectivity index (χ1n) is 8.25. The van der Waals surface area contributed by atoms with Gasteiger partial charge in [-0.2, -0.15) is 0 Å². The van der Waals surface area contributed by atoms with Crippen molar-refractivity contribution in [3.63, 3.8) is 0 Å². The van der Waals surface area contributed by atoms with E-state index in [0.717, 1.165) is 17.9 Å². The fourth-order valence-corrected chi connectivity index (χ4v) is 2.82. The van der Waals surface area contributed by atoms with Gasteiger partial charge in [-0.3, -0.25) is 9.78 Å². The normalized spacial score (nSPS) is 18.4. The van der Waals surface area contributed by atoms with Crippen molar-refractivity contribution >= 4 is 0 Å². The summed E-state index contributed by atoms with van der Waals surface area (Å²) in [6, 6.07) is 5.61. The van der Waals surface area contributed by atoms with Gasteiger partial charge in [0.25, 0.3) is 5.56 Å². The number of hydrogen-bond donors (Lipinski definition) is 0. The number of methoxy groups -OCH3 is 1. The fourth-order valence-electron chi connectivity index (χ4n) is 2.82. The molecule has 0 bridgehead atoms. The first-order chi connectivity index (χ1) is 12.1. The van der Waals surface area contributed by atoms with Crippen LogP contribution >= 0.6 is 0 Å². The first kappa shape index (κ1) is 17.0. The molecule has 0 spiro atoms. The molecule has 2 aromatic rings. The Morgan fingerprint density at radius 3 is 2.96 bits per heavy atom. The highest BCUT2D eigenvalue weighted by atomic mass is 16.5. The number of aryl methyl sites for hydroxylation is 2. The minimum Gasteiger partial charge on any atom is -0.495 e. The molecular formula is C19H21N3O3. The predicted molar refractivity (Wildman–Crippen MR) is 93.8 cm³/mol. The number of hydrogen-bond acceptors (Lipinski definition) is 5. The molecule has 0 aliphatic heterocycles. The van der Waals surface area contributed by atoms with Gasteiger partial charge in [-0.1, -0.05) is 0 Å². The Hall–Kier alpha value is -2.81. The van der Waals surface area contributed by atoms with Crippen LogP contribution in [0.4, 0.5) is 0 Å². The zero-order valence-corrected chi connectivity index (χ0v) is 14.4. The van der Waals surface area contributed by atoms with Crippen LogP contribution in [0.2, 0.25) is 0 Å². The maximum Gasteiger partial charge on any atom is 0.269 e. The Balaban J connectivity index is 1.60. The van der Waals surface area contributed by atoms with Crippen molar-refractivity contribution in [3.8, 4) is 24.0 Å². The van der Waals surface area contributed by atoms with Gasteiger partial charge in [0.1, 0.15) is 5.75 Å². The number of aromatic nitrogens is 3. The SMILES string of the molecule is C#CCCc1cc(OC[C@H]2C[C@@H]2c2ccc(OC)cn2)nn(C)c1=O. The quantitative estimate of drug-likeness (QED) is 0.721. The summed E-state index contributed by atoms with van der Waals surface area (Å²) in [5.74, 6) is 4.58. The lowest BCUT2D eigenvalue weighted by atomic mass is 10.2. The van der Waals surface area contributed by atoms with Crippen LogP contribution in [0.15, 0.2) is 29.2 Å². The van der Waals surface area contributed by atoms with E-state index in [1.807, 2.05) is 12.1 Å². The van der Waals surface area contributed by atoms with Gasteiger partial charge >= 0.3 is 0 Å². The second kappa shape index (κ2) is 7.39. The van der Waals surface area contributed by atoms with E-state index in [1.54, 1.807) is 26.4 Å². The van der Waals surface area contributed by atoms with Crippen LogP contribution in [0.25, 0.3) is 0 Å². The van der Waals surface area contributed by atoms with Crippen molar-refractivity contribution in [3.05, 3.63) is 46.0 Å². The molecule has 0 N–H and O–H groups in total. The predicted octanol–water partition coefficient (Wildman–Crippen LogP) is 1.93. The summed E-state index contributed by atoms with van der Waals surface area (Å²) < 4.78 is 12.2. The lowest BCUT2D eigenvalue weighted by molar-refractivity contribution is 0.277. The van der Waals surface area contributed by atoms with E-state index >= 15 is 0 Å². The summed E-state index contributed by atoms with van der Waals surface area (Å²) in [6.45, 7) is 0.554. The number of terminal acetylenes is 1. The van der Waals surface area contributed by atoms with E-state index in [9.17, 15) is 4.79 Å². The van der Waals surface area contributed by atoms with Crippen molar-refractivity contribution in [2.75, 3.05) is 13.7 Å². The molecule has 130 valence electrons. The molecule has 6 heteroatoms. The molecule has 3 rings (SSSR count). The van der Waals surface area contributed by atoms with Gasteiger partial charge < -0.3 is 9.47 Å². The van der Waals surface area contributed by atoms with Crippen LogP contribution in [0.5, 0.6) is 11.6 Å². The van der Waals surface area contributed by atoms with Crippen molar-refractivity contribution < 1.29 is 9.47 Å². The van der Waals surface area contributed by atoms with Crippen LogP contribution in [0, 0.1) is 18.3 Å². The fraction of sp³-hybridized carbons (Fsp3) is 0.421. The van der Waals surface area contributed by atoms with Crippen molar-refractivity contribution in [2.24, 2.45) is 13.0 Å². The average molecular weight is 339 g/mol. The van der Waals surface area contributed by atoms with E-state index in [2.05, 4.69) is 16.0 Å². The van der Waals surface area contributed by atoms with Gasteiger partial charge in [-0.25, -0.2) is 4.68 Å². The third-order valence-electron chi connectivity index (χ3n) is 4.40. The zero-order chi connectivity index (χ0) is 17.8. The lowest BCUT2D eigenvalue weighted by Crippen LogP contribution is -2.24. The Bertz CT molecular complexity index is 836. The van der Waals surface area contributed by atoms with Gasteiger partial charge in [-0.15, -0.1) is 17.4 Å². The average Bonchev–Trinajstić information content (AvgIpc) is 3.41. The molecule has 2 atom stereocenters. The molecule has 1 fully saturated rings. The molecule has 0 unspecified atom stereocenters. The van der Waals surface area contributed by atoms with E-state index in [-0.39, 0.29) is 5.56 Å². The molecule has 6 nitrogen and oxygen atoms in total. The summed E-state index contributed by atoms with van der Waals surface area (Å²) in [7, 11) is 3.25. The topological polar surface area (TPSA) is 66.2 Å². The molecule has 0 saturated heterocycles. The molecular weight excluding hydrogens is 318 g/mol. The highest BCUT2D eigenvalue weighted by Gasteiger charge is 2.40. The van der Waals surface area contributed by atoms with Gasteiger partial charge in [0, 0.05) is 42.6 Å². The number of ether oxygens (including phenoxy) is 2. The second-order valence-corrected chi connectivity index (χ2v) is 6.18. The summed E-state index contributed by atoms with van der Waals surface area (Å²) >= 11 is 0. The maximum atomic E-state index is 12.0. The summed E-state index contributed by atoms with van der Waals surface area (Å²) in [5.41, 5.74) is 1.56. The number of nitrogens with zero attached hydrogens (tertiary/aromatic N) is 3. The molecule has 0 aromatic carbocycles. The van der Waals surface area contributed by atoms with Crippen LogP contribution in [-0.4, -0.2) is 28.5 Å². The Morgan fingerprint density at radius 1 is 1.44 bits per heavy atom. The largest absolute Gasteiger partial charge is 0.495 e. The van der Waals surface area contributed by atoms with Crippen molar-refractivity contribution in [1.29, 1.82) is 0 Å². The molecule has 1 aliphatic carbocycles. The third-order valence-corrected chi connectivity index (χ3v) is 4.40. The van der Waals surface area contributed by atoms with Crippen molar-refractivity contribution in [1.82, 2.24) is 14.8 Å². The Morgan fingerprint density at radius 2 is 2.28 bits per heavy atom. The van der Waals surface area contributed by atoms with Crippen LogP contribution in [0.1, 0.15) is 30.0 Å². The van der Waals surface area contributed by atoms with Gasteiger partial charge in [-0.05, 0) is 25.0 Å². The van der Waals surface area contributed by atoms with Crippen LogP contribution in [-0.2, 0) is 13.5 Å². The minimum absolute atomic E-state index is 0.130. The highest BCUT2D eigenvalue weighted by molar-refractivity contribution is 5.25. The van der Waals surface area contributed by atoms with Crippen LogP contribution < -0.4 is 15.0 Å². The van der Waals surface area contributed by atoms with Crippen molar-refractivity contribution in [2.45, 2.75) is 25.2 Å². The minimum atomic E-state index is -0.130. The molecule has 2 heterocycles. The molecule has 1 saturated carbocycles. The third kappa shape index (κ3) is 4.00. The molecule has 0 radical (unpaired) electrons. The highest BCUT2D eigenvalue weighted by Crippen LogP contribution is 2.46. The first-order valence-corrected chi connectivity index (χ1v) is 8.25. The Kier molecular flexibility index (Phi) is 5.03. The zero-order valence-electron chi connectivity index (χ0n) is 14.4.